The summed E-state index contributed by atoms with van der Waals surface area (Å²) in [5, 5.41) is 2.40. The highest BCUT2D eigenvalue weighted by Crippen LogP contribution is 2.05. The smallest absolute Gasteiger partial charge is 0.375 e. The molecule has 0 aliphatic rings. The molecule has 14 heavy (non-hydrogen) atoms. The first kappa shape index (κ1) is 10.7. The normalized spacial score (nSPS) is 9.21. The van der Waals surface area contributed by atoms with E-state index in [9.17, 15) is 9.59 Å². The Morgan fingerprint density at radius 2 is 1.93 bits per heavy atom. The zero-order chi connectivity index (χ0) is 10.4. The van der Waals surface area contributed by atoms with Crippen molar-refractivity contribution in [3.05, 3.63) is 30.3 Å². The van der Waals surface area contributed by atoms with Crippen LogP contribution in [-0.4, -0.2) is 17.4 Å². The summed E-state index contributed by atoms with van der Waals surface area (Å²) >= 11 is 2.87. The van der Waals surface area contributed by atoms with Crippen LogP contribution >= 0.6 is 15.9 Å². The summed E-state index contributed by atoms with van der Waals surface area (Å²) in [6.07, 6.45) is -0.777. The highest BCUT2D eigenvalue weighted by molar-refractivity contribution is 9.09. The summed E-state index contributed by atoms with van der Waals surface area (Å²) in [5.74, 6) is -0.626. The van der Waals surface area contributed by atoms with E-state index < -0.39 is 12.1 Å². The van der Waals surface area contributed by atoms with Crippen LogP contribution in [0.5, 0.6) is 0 Å². The number of rotatable bonds is 2. The maximum absolute atomic E-state index is 11.0. The topological polar surface area (TPSA) is 55.4 Å². The number of nitrogens with one attached hydrogen (secondary N) is 1. The molecular formula is C9H8BrNO3. The molecule has 0 saturated carbocycles. The Balaban J connectivity index is 2.46. The van der Waals surface area contributed by atoms with Crippen molar-refractivity contribution in [3.8, 4) is 0 Å². The molecule has 1 N–H and O–H groups in total. The molecule has 1 aromatic carbocycles. The number of benzene rings is 1. The number of amides is 1. The third-order valence-electron chi connectivity index (χ3n) is 1.34. The zero-order valence-corrected chi connectivity index (χ0v) is 8.78. The van der Waals surface area contributed by atoms with Gasteiger partial charge in [-0.2, -0.15) is 0 Å². The molecule has 1 amide bonds. The van der Waals surface area contributed by atoms with E-state index >= 15 is 0 Å². The SMILES string of the molecule is O=C(CBr)OC(=O)Nc1ccccc1. The van der Waals surface area contributed by atoms with Crippen LogP contribution in [0.2, 0.25) is 0 Å². The van der Waals surface area contributed by atoms with Gasteiger partial charge in [-0.3, -0.25) is 10.1 Å². The van der Waals surface area contributed by atoms with Crippen LogP contribution < -0.4 is 5.32 Å². The minimum Gasteiger partial charge on any atom is -0.375 e. The average Bonchev–Trinajstić information content (AvgIpc) is 2.19. The van der Waals surface area contributed by atoms with Crippen molar-refractivity contribution in [2.75, 3.05) is 10.6 Å². The first-order valence-electron chi connectivity index (χ1n) is 3.85. The van der Waals surface area contributed by atoms with E-state index in [1.807, 2.05) is 6.07 Å². The Kier molecular flexibility index (Phi) is 4.12. The Labute approximate surface area is 89.4 Å². The van der Waals surface area contributed by atoms with E-state index in [1.54, 1.807) is 24.3 Å². The maximum atomic E-state index is 11.0. The summed E-state index contributed by atoms with van der Waals surface area (Å²) in [6, 6.07) is 8.74. The number of esters is 1. The van der Waals surface area contributed by atoms with Crippen molar-refractivity contribution >= 4 is 33.7 Å². The molecule has 0 radical (unpaired) electrons. The van der Waals surface area contributed by atoms with Crippen molar-refractivity contribution in [2.45, 2.75) is 0 Å². The van der Waals surface area contributed by atoms with Gasteiger partial charge in [-0.1, -0.05) is 34.1 Å². The second-order valence-electron chi connectivity index (χ2n) is 2.39. The Morgan fingerprint density at radius 1 is 1.29 bits per heavy atom. The zero-order valence-electron chi connectivity index (χ0n) is 7.20. The molecule has 0 unspecified atom stereocenters. The number of hydrogen-bond acceptors (Lipinski definition) is 3. The molecule has 74 valence electrons. The average molecular weight is 258 g/mol. The number of anilines is 1. The third kappa shape index (κ3) is 3.57. The fourth-order valence-electron chi connectivity index (χ4n) is 0.796. The minimum atomic E-state index is -0.777. The van der Waals surface area contributed by atoms with E-state index in [0.717, 1.165) is 0 Å². The molecular weight excluding hydrogens is 250 g/mol. The lowest BCUT2D eigenvalue weighted by molar-refractivity contribution is -0.133. The van der Waals surface area contributed by atoms with Crippen LogP contribution in [0.15, 0.2) is 30.3 Å². The molecule has 0 aromatic heterocycles. The van der Waals surface area contributed by atoms with Crippen LogP contribution in [0.25, 0.3) is 0 Å². The quantitative estimate of drug-likeness (QED) is 0.502. The molecule has 0 aliphatic heterocycles. The summed E-state index contributed by atoms with van der Waals surface area (Å²) in [4.78, 5) is 21.7. The lowest BCUT2D eigenvalue weighted by Crippen LogP contribution is -2.18. The number of carbonyl (C=O) groups excluding carboxylic acids is 2. The molecule has 0 atom stereocenters. The Morgan fingerprint density at radius 3 is 2.50 bits per heavy atom. The van der Waals surface area contributed by atoms with E-state index in [-0.39, 0.29) is 5.33 Å². The molecule has 1 aromatic rings. The second kappa shape index (κ2) is 5.39. The van der Waals surface area contributed by atoms with Crippen molar-refractivity contribution in [1.29, 1.82) is 0 Å². The van der Waals surface area contributed by atoms with Gasteiger partial charge in [-0.15, -0.1) is 0 Å². The first-order valence-corrected chi connectivity index (χ1v) is 4.97. The number of para-hydroxylation sites is 1. The fourth-order valence-corrected chi connectivity index (χ4v) is 0.910. The van der Waals surface area contributed by atoms with Crippen LogP contribution in [-0.2, 0) is 9.53 Å². The van der Waals surface area contributed by atoms with E-state index in [0.29, 0.717) is 5.69 Å². The molecule has 0 saturated heterocycles. The fraction of sp³-hybridized carbons (Fsp3) is 0.111. The van der Waals surface area contributed by atoms with Gasteiger partial charge in [0.2, 0.25) is 0 Å². The summed E-state index contributed by atoms with van der Waals surface area (Å²) in [7, 11) is 0. The number of hydrogen-bond donors (Lipinski definition) is 1. The van der Waals surface area contributed by atoms with Crippen LogP contribution in [0.1, 0.15) is 0 Å². The Hall–Kier alpha value is -1.36. The largest absolute Gasteiger partial charge is 0.419 e. The van der Waals surface area contributed by atoms with Crippen LogP contribution in [0.3, 0.4) is 0 Å². The predicted molar refractivity (Wildman–Crippen MR) is 55.3 cm³/mol. The molecule has 0 fully saturated rings. The molecule has 0 bridgehead atoms. The monoisotopic (exact) mass is 257 g/mol. The van der Waals surface area contributed by atoms with E-state index in [4.69, 9.17) is 0 Å². The number of alkyl halides is 1. The van der Waals surface area contributed by atoms with E-state index in [2.05, 4.69) is 26.0 Å². The highest BCUT2D eigenvalue weighted by atomic mass is 79.9. The predicted octanol–water partition coefficient (Wildman–Crippen LogP) is 2.16. The van der Waals surface area contributed by atoms with Gasteiger partial charge in [0, 0.05) is 5.69 Å². The number of carbonyl (C=O) groups is 2. The van der Waals surface area contributed by atoms with Gasteiger partial charge in [-0.05, 0) is 12.1 Å². The van der Waals surface area contributed by atoms with Crippen molar-refractivity contribution in [1.82, 2.24) is 0 Å². The lowest BCUT2D eigenvalue weighted by atomic mass is 10.3. The number of halogens is 1. The van der Waals surface area contributed by atoms with Crippen molar-refractivity contribution < 1.29 is 14.3 Å². The van der Waals surface area contributed by atoms with Crippen molar-refractivity contribution in [3.63, 3.8) is 0 Å². The van der Waals surface area contributed by atoms with Gasteiger partial charge in [0.15, 0.2) is 0 Å². The summed E-state index contributed by atoms with van der Waals surface area (Å²) in [6.45, 7) is 0. The van der Waals surface area contributed by atoms with Gasteiger partial charge in [-0.25, -0.2) is 4.79 Å². The summed E-state index contributed by atoms with van der Waals surface area (Å²) < 4.78 is 4.37. The molecule has 5 heteroatoms. The van der Waals surface area contributed by atoms with Crippen LogP contribution in [0, 0.1) is 0 Å². The molecule has 0 spiro atoms. The lowest BCUT2D eigenvalue weighted by Gasteiger charge is -2.03. The minimum absolute atomic E-state index is 0.00475. The van der Waals surface area contributed by atoms with Gasteiger partial charge in [0.25, 0.3) is 0 Å². The maximum Gasteiger partial charge on any atom is 0.419 e. The second-order valence-corrected chi connectivity index (χ2v) is 2.95. The highest BCUT2D eigenvalue weighted by Gasteiger charge is 2.07. The van der Waals surface area contributed by atoms with Crippen molar-refractivity contribution in [2.24, 2.45) is 0 Å². The molecule has 1 rings (SSSR count). The summed E-state index contributed by atoms with van der Waals surface area (Å²) in [5.41, 5.74) is 0.583. The Bertz CT molecular complexity index is 326. The van der Waals surface area contributed by atoms with E-state index in [1.165, 1.54) is 0 Å². The van der Waals surface area contributed by atoms with Gasteiger partial charge < -0.3 is 4.74 Å². The van der Waals surface area contributed by atoms with Gasteiger partial charge >= 0.3 is 12.1 Å². The molecule has 0 aliphatic carbocycles. The molecule has 4 nitrogen and oxygen atoms in total. The third-order valence-corrected chi connectivity index (χ3v) is 1.79. The van der Waals surface area contributed by atoms with Gasteiger partial charge in [0.1, 0.15) is 5.33 Å². The van der Waals surface area contributed by atoms with Crippen LogP contribution in [0.4, 0.5) is 10.5 Å². The standard InChI is InChI=1S/C9H8BrNO3/c10-6-8(12)14-9(13)11-7-4-2-1-3-5-7/h1-5H,6H2,(H,11,13). The van der Waals surface area contributed by atoms with Gasteiger partial charge in [0.05, 0.1) is 0 Å². The molecule has 0 heterocycles. The number of ether oxygens (including phenoxy) is 1. The first-order chi connectivity index (χ1) is 6.72.